The summed E-state index contributed by atoms with van der Waals surface area (Å²) < 4.78 is 0. The molecule has 0 bridgehead atoms. The van der Waals surface area contributed by atoms with Crippen LogP contribution in [0.1, 0.15) is 37.6 Å². The van der Waals surface area contributed by atoms with Gasteiger partial charge in [-0.2, -0.15) is 0 Å². The lowest BCUT2D eigenvalue weighted by Gasteiger charge is -2.44. The zero-order valence-electron chi connectivity index (χ0n) is 10.7. The van der Waals surface area contributed by atoms with Crippen molar-refractivity contribution in [3.8, 4) is 0 Å². The Hall–Kier alpha value is -0.420. The SMILES string of the molecule is CCC(CC)(C(NN)c1cccs1)N(C)C. The van der Waals surface area contributed by atoms with Crippen molar-refractivity contribution in [1.29, 1.82) is 0 Å². The Morgan fingerprint density at radius 2 is 2.06 bits per heavy atom. The van der Waals surface area contributed by atoms with Crippen LogP contribution in [0.2, 0.25) is 0 Å². The van der Waals surface area contributed by atoms with Crippen molar-refractivity contribution in [2.24, 2.45) is 5.84 Å². The fourth-order valence-corrected chi connectivity index (χ4v) is 3.40. The summed E-state index contributed by atoms with van der Waals surface area (Å²) in [5, 5.41) is 2.10. The van der Waals surface area contributed by atoms with E-state index in [4.69, 9.17) is 5.84 Å². The van der Waals surface area contributed by atoms with Gasteiger partial charge in [0.25, 0.3) is 0 Å². The third kappa shape index (κ3) is 2.30. The molecule has 0 aliphatic heterocycles. The van der Waals surface area contributed by atoms with Gasteiger partial charge in [0.05, 0.1) is 6.04 Å². The predicted molar refractivity (Wildman–Crippen MR) is 71.4 cm³/mol. The topological polar surface area (TPSA) is 41.3 Å². The molecule has 0 aliphatic carbocycles. The van der Waals surface area contributed by atoms with Crippen LogP contribution < -0.4 is 11.3 Å². The average Bonchev–Trinajstić information content (AvgIpc) is 2.78. The lowest BCUT2D eigenvalue weighted by Crippen LogP contribution is -2.54. The Kier molecular flexibility index (Phi) is 4.92. The largest absolute Gasteiger partial charge is 0.302 e. The lowest BCUT2D eigenvalue weighted by atomic mass is 9.82. The van der Waals surface area contributed by atoms with Gasteiger partial charge in [-0.1, -0.05) is 19.9 Å². The van der Waals surface area contributed by atoms with Crippen LogP contribution in [0.5, 0.6) is 0 Å². The quantitative estimate of drug-likeness (QED) is 0.593. The van der Waals surface area contributed by atoms with E-state index in [9.17, 15) is 0 Å². The Bertz CT molecular complexity index is 291. The van der Waals surface area contributed by atoms with Crippen molar-refractivity contribution in [3.63, 3.8) is 0 Å². The Morgan fingerprint density at radius 1 is 1.44 bits per heavy atom. The molecule has 0 saturated heterocycles. The second kappa shape index (κ2) is 5.77. The van der Waals surface area contributed by atoms with Gasteiger partial charge < -0.3 is 4.90 Å². The van der Waals surface area contributed by atoms with Crippen molar-refractivity contribution in [2.45, 2.75) is 38.3 Å². The van der Waals surface area contributed by atoms with Crippen LogP contribution in [-0.4, -0.2) is 24.5 Å². The molecule has 1 rings (SSSR count). The number of likely N-dealkylation sites (N-methyl/N-ethyl adjacent to an activating group) is 1. The first-order valence-electron chi connectivity index (χ1n) is 5.79. The minimum Gasteiger partial charge on any atom is -0.302 e. The van der Waals surface area contributed by atoms with E-state index < -0.39 is 0 Å². The third-order valence-corrected chi connectivity index (χ3v) is 4.58. The molecule has 0 radical (unpaired) electrons. The summed E-state index contributed by atoms with van der Waals surface area (Å²) in [4.78, 5) is 3.59. The van der Waals surface area contributed by atoms with E-state index in [1.165, 1.54) is 4.88 Å². The minimum atomic E-state index is 0.0829. The zero-order chi connectivity index (χ0) is 12.2. The summed E-state index contributed by atoms with van der Waals surface area (Å²) in [6.07, 6.45) is 2.15. The highest BCUT2D eigenvalue weighted by Crippen LogP contribution is 2.37. The fraction of sp³-hybridized carbons (Fsp3) is 0.667. The van der Waals surface area contributed by atoms with Crippen LogP contribution in [0.4, 0.5) is 0 Å². The van der Waals surface area contributed by atoms with E-state index in [2.05, 4.69) is 55.8 Å². The zero-order valence-corrected chi connectivity index (χ0v) is 11.5. The monoisotopic (exact) mass is 241 g/mol. The molecule has 3 nitrogen and oxygen atoms in total. The van der Waals surface area contributed by atoms with Crippen molar-refractivity contribution in [2.75, 3.05) is 14.1 Å². The van der Waals surface area contributed by atoms with Gasteiger partial charge in [-0.25, -0.2) is 0 Å². The third-order valence-electron chi connectivity index (χ3n) is 3.65. The summed E-state index contributed by atoms with van der Waals surface area (Å²) in [5.41, 5.74) is 3.08. The van der Waals surface area contributed by atoms with Gasteiger partial charge >= 0.3 is 0 Å². The van der Waals surface area contributed by atoms with Crippen molar-refractivity contribution in [3.05, 3.63) is 22.4 Å². The molecule has 16 heavy (non-hydrogen) atoms. The van der Waals surface area contributed by atoms with Gasteiger partial charge in [0, 0.05) is 10.4 Å². The van der Waals surface area contributed by atoms with Gasteiger partial charge in [0.15, 0.2) is 0 Å². The van der Waals surface area contributed by atoms with Gasteiger partial charge in [-0.15, -0.1) is 11.3 Å². The first kappa shape index (κ1) is 13.6. The van der Waals surface area contributed by atoms with Crippen LogP contribution in [0.25, 0.3) is 0 Å². The Morgan fingerprint density at radius 3 is 2.38 bits per heavy atom. The predicted octanol–water partition coefficient (Wildman–Crippen LogP) is 2.37. The van der Waals surface area contributed by atoms with E-state index in [-0.39, 0.29) is 11.6 Å². The standard InChI is InChI=1S/C12H23N3S/c1-5-12(6-2,15(3)4)11(14-13)10-8-7-9-16-10/h7-9,11,14H,5-6,13H2,1-4H3. The van der Waals surface area contributed by atoms with E-state index in [0.29, 0.717) is 0 Å². The highest BCUT2D eigenvalue weighted by Gasteiger charge is 2.38. The molecule has 3 N–H and O–H groups in total. The molecule has 1 unspecified atom stereocenters. The number of nitrogens with zero attached hydrogens (tertiary/aromatic N) is 1. The summed E-state index contributed by atoms with van der Waals surface area (Å²) >= 11 is 1.76. The van der Waals surface area contributed by atoms with E-state index in [0.717, 1.165) is 12.8 Å². The van der Waals surface area contributed by atoms with Crippen LogP contribution in [0.3, 0.4) is 0 Å². The number of hydrogen-bond donors (Lipinski definition) is 2. The summed E-state index contributed by atoms with van der Waals surface area (Å²) in [5.74, 6) is 5.77. The van der Waals surface area contributed by atoms with Crippen LogP contribution in [0, 0.1) is 0 Å². The van der Waals surface area contributed by atoms with Crippen molar-refractivity contribution >= 4 is 11.3 Å². The molecule has 4 heteroatoms. The Balaban J connectivity index is 3.08. The number of thiophene rings is 1. The summed E-state index contributed by atoms with van der Waals surface area (Å²) in [6, 6.07) is 4.42. The summed E-state index contributed by atoms with van der Waals surface area (Å²) in [7, 11) is 4.26. The first-order valence-corrected chi connectivity index (χ1v) is 6.67. The number of nitrogens with one attached hydrogen (secondary N) is 1. The lowest BCUT2D eigenvalue weighted by molar-refractivity contribution is 0.0897. The molecular weight excluding hydrogens is 218 g/mol. The number of hydrazine groups is 1. The van der Waals surface area contributed by atoms with E-state index in [1.807, 2.05) is 0 Å². The second-order valence-corrected chi connectivity index (χ2v) is 5.30. The van der Waals surface area contributed by atoms with Crippen LogP contribution in [-0.2, 0) is 0 Å². The molecule has 0 fully saturated rings. The highest BCUT2D eigenvalue weighted by molar-refractivity contribution is 7.10. The van der Waals surface area contributed by atoms with Crippen LogP contribution >= 0.6 is 11.3 Å². The van der Waals surface area contributed by atoms with Gasteiger partial charge in [0.1, 0.15) is 0 Å². The average molecular weight is 241 g/mol. The summed E-state index contributed by atoms with van der Waals surface area (Å²) in [6.45, 7) is 4.45. The first-order chi connectivity index (χ1) is 7.62. The maximum Gasteiger partial charge on any atom is 0.0736 e. The number of nitrogens with two attached hydrogens (primary N) is 1. The van der Waals surface area contributed by atoms with Crippen molar-refractivity contribution < 1.29 is 0 Å². The number of rotatable bonds is 6. The molecule has 0 spiro atoms. The highest BCUT2D eigenvalue weighted by atomic mass is 32.1. The molecular formula is C12H23N3S. The molecule has 1 aromatic rings. The van der Waals surface area contributed by atoms with Gasteiger partial charge in [-0.05, 0) is 38.4 Å². The molecule has 0 saturated carbocycles. The van der Waals surface area contributed by atoms with Crippen molar-refractivity contribution in [1.82, 2.24) is 10.3 Å². The fourth-order valence-electron chi connectivity index (χ4n) is 2.51. The van der Waals surface area contributed by atoms with Gasteiger partial charge in [0.2, 0.25) is 0 Å². The molecule has 0 amide bonds. The van der Waals surface area contributed by atoms with E-state index in [1.54, 1.807) is 11.3 Å². The molecule has 1 atom stereocenters. The van der Waals surface area contributed by atoms with Gasteiger partial charge in [-0.3, -0.25) is 11.3 Å². The second-order valence-electron chi connectivity index (χ2n) is 4.32. The molecule has 92 valence electrons. The minimum absolute atomic E-state index is 0.0829. The maximum absolute atomic E-state index is 5.77. The smallest absolute Gasteiger partial charge is 0.0736 e. The normalized spacial score (nSPS) is 14.4. The Labute approximate surface area is 103 Å². The van der Waals surface area contributed by atoms with E-state index >= 15 is 0 Å². The maximum atomic E-state index is 5.77. The molecule has 0 aliphatic rings. The molecule has 1 heterocycles. The molecule has 0 aromatic carbocycles. The van der Waals surface area contributed by atoms with Crippen LogP contribution in [0.15, 0.2) is 17.5 Å². The molecule has 1 aromatic heterocycles. The number of hydrogen-bond acceptors (Lipinski definition) is 4.